The summed E-state index contributed by atoms with van der Waals surface area (Å²) >= 11 is 0. The van der Waals surface area contributed by atoms with Crippen LogP contribution in [0.25, 0.3) is 11.1 Å². The van der Waals surface area contributed by atoms with Crippen LogP contribution in [0, 0.1) is 0 Å². The van der Waals surface area contributed by atoms with Gasteiger partial charge in [0.2, 0.25) is 0 Å². The molecule has 26 heavy (non-hydrogen) atoms. The van der Waals surface area contributed by atoms with Crippen molar-refractivity contribution < 1.29 is 9.47 Å². The van der Waals surface area contributed by atoms with Gasteiger partial charge in [-0.1, -0.05) is 88.8 Å². The Labute approximate surface area is 159 Å². The summed E-state index contributed by atoms with van der Waals surface area (Å²) in [4.78, 5) is 0. The maximum absolute atomic E-state index is 6.10. The first-order chi connectivity index (χ1) is 12.9. The van der Waals surface area contributed by atoms with Gasteiger partial charge >= 0.3 is 0 Å². The lowest BCUT2D eigenvalue weighted by Gasteiger charge is -2.15. The highest BCUT2D eigenvalue weighted by Crippen LogP contribution is 2.36. The number of hydrogen-bond acceptors (Lipinski definition) is 2. The maximum atomic E-state index is 6.10. The van der Waals surface area contributed by atoms with E-state index in [4.69, 9.17) is 9.47 Å². The quantitative estimate of drug-likeness (QED) is 0.352. The highest BCUT2D eigenvalue weighted by Gasteiger charge is 2.11. The fraction of sp³-hybridized carbons (Fsp3) is 0.500. The average Bonchev–Trinajstić information content (AvgIpc) is 2.68. The summed E-state index contributed by atoms with van der Waals surface area (Å²) in [6.07, 6.45) is 9.74. The number of rotatable bonds is 13. The Morgan fingerprint density at radius 1 is 0.538 bits per heavy atom. The van der Waals surface area contributed by atoms with E-state index in [-0.39, 0.29) is 0 Å². The van der Waals surface area contributed by atoms with E-state index >= 15 is 0 Å². The van der Waals surface area contributed by atoms with Gasteiger partial charge in [0.25, 0.3) is 0 Å². The molecular formula is C24H34O2. The van der Waals surface area contributed by atoms with E-state index in [1.807, 2.05) is 12.1 Å². The van der Waals surface area contributed by atoms with Gasteiger partial charge in [-0.25, -0.2) is 0 Å². The van der Waals surface area contributed by atoms with Crippen LogP contribution < -0.4 is 9.47 Å². The van der Waals surface area contributed by atoms with Gasteiger partial charge < -0.3 is 9.47 Å². The summed E-state index contributed by atoms with van der Waals surface area (Å²) in [5.74, 6) is 1.90. The first kappa shape index (κ1) is 20.4. The summed E-state index contributed by atoms with van der Waals surface area (Å²) in [6, 6.07) is 16.6. The molecule has 2 heteroatoms. The van der Waals surface area contributed by atoms with Crippen LogP contribution in [0.15, 0.2) is 48.5 Å². The van der Waals surface area contributed by atoms with Crippen molar-refractivity contribution in [3.63, 3.8) is 0 Å². The number of para-hydroxylation sites is 2. The minimum atomic E-state index is 0.775. The summed E-state index contributed by atoms with van der Waals surface area (Å²) in [7, 11) is 0. The molecule has 2 rings (SSSR count). The standard InChI is InChI=1S/C24H34O2/c1-3-5-7-13-19-25-23-17-11-9-15-21(23)22-16-10-12-18-24(22)26-20-14-8-6-4-2/h9-12,15-18H,3-8,13-14,19-20H2,1-2H3. The van der Waals surface area contributed by atoms with Crippen molar-refractivity contribution in [1.82, 2.24) is 0 Å². The van der Waals surface area contributed by atoms with Gasteiger partial charge in [0.05, 0.1) is 13.2 Å². The lowest BCUT2D eigenvalue weighted by atomic mass is 10.0. The van der Waals surface area contributed by atoms with Gasteiger partial charge in [0.15, 0.2) is 0 Å². The molecule has 2 aromatic rings. The Kier molecular flexibility index (Phi) is 9.71. The fourth-order valence-electron chi connectivity index (χ4n) is 3.05. The van der Waals surface area contributed by atoms with Gasteiger partial charge in [-0.05, 0) is 25.0 Å². The zero-order valence-corrected chi connectivity index (χ0v) is 16.5. The Hall–Kier alpha value is -1.96. The lowest BCUT2D eigenvalue weighted by molar-refractivity contribution is 0.302. The molecule has 0 aliphatic carbocycles. The van der Waals surface area contributed by atoms with E-state index in [1.54, 1.807) is 0 Å². The summed E-state index contributed by atoms with van der Waals surface area (Å²) in [5.41, 5.74) is 2.24. The fourth-order valence-corrected chi connectivity index (χ4v) is 3.05. The molecule has 0 amide bonds. The van der Waals surface area contributed by atoms with Crippen LogP contribution in [0.1, 0.15) is 65.2 Å². The first-order valence-electron chi connectivity index (χ1n) is 10.3. The highest BCUT2D eigenvalue weighted by molar-refractivity contribution is 5.75. The third-order valence-electron chi connectivity index (χ3n) is 4.58. The number of unbranched alkanes of at least 4 members (excludes halogenated alkanes) is 6. The molecule has 0 aliphatic rings. The number of hydrogen-bond donors (Lipinski definition) is 0. The van der Waals surface area contributed by atoms with Crippen LogP contribution >= 0.6 is 0 Å². The molecule has 0 aromatic heterocycles. The smallest absolute Gasteiger partial charge is 0.127 e. The van der Waals surface area contributed by atoms with Crippen molar-refractivity contribution in [3.05, 3.63) is 48.5 Å². The molecule has 0 N–H and O–H groups in total. The third kappa shape index (κ3) is 6.74. The normalized spacial score (nSPS) is 10.7. The van der Waals surface area contributed by atoms with E-state index in [0.29, 0.717) is 0 Å². The maximum Gasteiger partial charge on any atom is 0.127 e. The number of ether oxygens (including phenoxy) is 2. The molecule has 0 spiro atoms. The van der Waals surface area contributed by atoms with Gasteiger partial charge in [-0.2, -0.15) is 0 Å². The van der Waals surface area contributed by atoms with E-state index in [9.17, 15) is 0 Å². The highest BCUT2D eigenvalue weighted by atomic mass is 16.5. The minimum absolute atomic E-state index is 0.775. The molecule has 0 fully saturated rings. The summed E-state index contributed by atoms with van der Waals surface area (Å²) in [5, 5.41) is 0. The van der Waals surface area contributed by atoms with Crippen LogP contribution in [0.3, 0.4) is 0 Å². The molecule has 0 heterocycles. The predicted octanol–water partition coefficient (Wildman–Crippen LogP) is 7.27. The summed E-state index contributed by atoms with van der Waals surface area (Å²) < 4.78 is 12.2. The molecule has 2 nitrogen and oxygen atoms in total. The van der Waals surface area contributed by atoms with E-state index < -0.39 is 0 Å². The monoisotopic (exact) mass is 354 g/mol. The van der Waals surface area contributed by atoms with E-state index in [2.05, 4.69) is 50.2 Å². The van der Waals surface area contributed by atoms with Crippen molar-refractivity contribution in [3.8, 4) is 22.6 Å². The molecule has 142 valence electrons. The largest absolute Gasteiger partial charge is 0.493 e. The average molecular weight is 355 g/mol. The Morgan fingerprint density at radius 3 is 1.38 bits per heavy atom. The van der Waals surface area contributed by atoms with Crippen molar-refractivity contribution in [2.75, 3.05) is 13.2 Å². The molecule has 0 saturated heterocycles. The lowest BCUT2D eigenvalue weighted by Crippen LogP contribution is -2.01. The van der Waals surface area contributed by atoms with Crippen molar-refractivity contribution in [2.45, 2.75) is 65.2 Å². The molecule has 0 unspecified atom stereocenters. The molecule has 0 aliphatic heterocycles. The molecule has 0 saturated carbocycles. The SMILES string of the molecule is CCCCCCOc1ccccc1-c1ccccc1OCCCCCC. The van der Waals surface area contributed by atoms with Crippen molar-refractivity contribution in [2.24, 2.45) is 0 Å². The number of benzene rings is 2. The van der Waals surface area contributed by atoms with E-state index in [0.717, 1.165) is 48.7 Å². The Morgan fingerprint density at radius 2 is 0.962 bits per heavy atom. The van der Waals surface area contributed by atoms with Crippen LogP contribution in [-0.2, 0) is 0 Å². The molecular weight excluding hydrogens is 320 g/mol. The second-order valence-corrected chi connectivity index (χ2v) is 6.81. The minimum Gasteiger partial charge on any atom is -0.493 e. The zero-order chi connectivity index (χ0) is 18.5. The molecule has 0 radical (unpaired) electrons. The molecule has 0 atom stereocenters. The van der Waals surface area contributed by atoms with Crippen molar-refractivity contribution >= 4 is 0 Å². The van der Waals surface area contributed by atoms with Crippen LogP contribution in [0.2, 0.25) is 0 Å². The van der Waals surface area contributed by atoms with Crippen LogP contribution in [0.4, 0.5) is 0 Å². The van der Waals surface area contributed by atoms with Crippen LogP contribution in [0.5, 0.6) is 11.5 Å². The molecule has 2 aromatic carbocycles. The topological polar surface area (TPSA) is 18.5 Å². The van der Waals surface area contributed by atoms with Crippen LogP contribution in [-0.4, -0.2) is 13.2 Å². The third-order valence-corrected chi connectivity index (χ3v) is 4.58. The Balaban J connectivity index is 2.03. The second-order valence-electron chi connectivity index (χ2n) is 6.81. The van der Waals surface area contributed by atoms with Crippen molar-refractivity contribution in [1.29, 1.82) is 0 Å². The summed E-state index contributed by atoms with van der Waals surface area (Å²) in [6.45, 7) is 6.01. The first-order valence-corrected chi connectivity index (χ1v) is 10.3. The van der Waals surface area contributed by atoms with Gasteiger partial charge in [0.1, 0.15) is 11.5 Å². The van der Waals surface area contributed by atoms with E-state index in [1.165, 1.54) is 38.5 Å². The second kappa shape index (κ2) is 12.4. The van der Waals surface area contributed by atoms with Gasteiger partial charge in [-0.3, -0.25) is 0 Å². The predicted molar refractivity (Wildman–Crippen MR) is 111 cm³/mol. The zero-order valence-electron chi connectivity index (χ0n) is 16.5. The Bertz CT molecular complexity index is 566. The molecule has 0 bridgehead atoms. The van der Waals surface area contributed by atoms with Gasteiger partial charge in [0, 0.05) is 11.1 Å². The van der Waals surface area contributed by atoms with Gasteiger partial charge in [-0.15, -0.1) is 0 Å².